The third-order valence-electron chi connectivity index (χ3n) is 3.35. The molecule has 3 aromatic rings. The standard InChI is InChI=1S/C17H14Cl2N2OS/c1-10-16(11-6-8-12(22-2)9-7-11)21-17(23-10)20-14-5-3-4-13(18)15(14)19/h3-9H,1-2H3,(H,20,21). The van der Waals surface area contributed by atoms with Gasteiger partial charge in [0.1, 0.15) is 5.75 Å². The van der Waals surface area contributed by atoms with Gasteiger partial charge in [-0.1, -0.05) is 29.3 Å². The molecule has 6 heteroatoms. The molecule has 3 nitrogen and oxygen atoms in total. The van der Waals surface area contributed by atoms with Crippen molar-refractivity contribution in [3.8, 4) is 17.0 Å². The summed E-state index contributed by atoms with van der Waals surface area (Å²) in [4.78, 5) is 5.79. The minimum absolute atomic E-state index is 0.494. The fourth-order valence-electron chi connectivity index (χ4n) is 2.18. The van der Waals surface area contributed by atoms with Crippen LogP contribution in [0, 0.1) is 6.92 Å². The lowest BCUT2D eigenvalue weighted by Gasteiger charge is -2.06. The maximum Gasteiger partial charge on any atom is 0.188 e. The highest BCUT2D eigenvalue weighted by molar-refractivity contribution is 7.16. The molecule has 0 aliphatic carbocycles. The number of anilines is 2. The monoisotopic (exact) mass is 364 g/mol. The Bertz CT molecular complexity index is 831. The van der Waals surface area contributed by atoms with E-state index in [4.69, 9.17) is 27.9 Å². The lowest BCUT2D eigenvalue weighted by Crippen LogP contribution is -1.91. The Morgan fingerprint density at radius 2 is 1.83 bits per heavy atom. The summed E-state index contributed by atoms with van der Waals surface area (Å²) in [7, 11) is 1.65. The quantitative estimate of drug-likeness (QED) is 0.600. The number of ether oxygens (including phenoxy) is 1. The summed E-state index contributed by atoms with van der Waals surface area (Å²) in [5.41, 5.74) is 2.73. The smallest absolute Gasteiger partial charge is 0.188 e. The molecule has 0 aliphatic heterocycles. The van der Waals surface area contributed by atoms with Crippen molar-refractivity contribution in [1.82, 2.24) is 4.98 Å². The van der Waals surface area contributed by atoms with Crippen LogP contribution in [0.2, 0.25) is 10.0 Å². The van der Waals surface area contributed by atoms with Crippen LogP contribution in [0.3, 0.4) is 0 Å². The highest BCUT2D eigenvalue weighted by Gasteiger charge is 2.12. The van der Waals surface area contributed by atoms with Crippen molar-refractivity contribution in [3.63, 3.8) is 0 Å². The Morgan fingerprint density at radius 1 is 1.09 bits per heavy atom. The Kier molecular flexibility index (Phi) is 4.76. The second-order valence-electron chi connectivity index (χ2n) is 4.88. The van der Waals surface area contributed by atoms with E-state index in [1.54, 1.807) is 24.5 Å². The van der Waals surface area contributed by atoms with Crippen molar-refractivity contribution in [2.45, 2.75) is 6.92 Å². The van der Waals surface area contributed by atoms with Gasteiger partial charge in [-0.05, 0) is 43.3 Å². The van der Waals surface area contributed by atoms with Gasteiger partial charge in [0.05, 0.1) is 28.5 Å². The van der Waals surface area contributed by atoms with Crippen LogP contribution in [-0.4, -0.2) is 12.1 Å². The number of halogens is 2. The zero-order valence-electron chi connectivity index (χ0n) is 12.6. The molecule has 0 bridgehead atoms. The Morgan fingerprint density at radius 3 is 2.52 bits per heavy atom. The normalized spacial score (nSPS) is 10.6. The molecule has 0 atom stereocenters. The van der Waals surface area contributed by atoms with Gasteiger partial charge in [-0.15, -0.1) is 11.3 Å². The van der Waals surface area contributed by atoms with Crippen molar-refractivity contribution in [2.75, 3.05) is 12.4 Å². The van der Waals surface area contributed by atoms with E-state index >= 15 is 0 Å². The van der Waals surface area contributed by atoms with Gasteiger partial charge in [0, 0.05) is 10.4 Å². The minimum atomic E-state index is 0.494. The molecule has 0 fully saturated rings. The van der Waals surface area contributed by atoms with Gasteiger partial charge in [-0.2, -0.15) is 0 Å². The first-order chi connectivity index (χ1) is 11.1. The van der Waals surface area contributed by atoms with Crippen molar-refractivity contribution >= 4 is 45.4 Å². The molecule has 0 saturated carbocycles. The molecule has 0 saturated heterocycles. The fraction of sp³-hybridized carbons (Fsp3) is 0.118. The third kappa shape index (κ3) is 3.44. The van der Waals surface area contributed by atoms with Crippen LogP contribution in [-0.2, 0) is 0 Å². The first-order valence-electron chi connectivity index (χ1n) is 6.91. The molecule has 3 rings (SSSR count). The van der Waals surface area contributed by atoms with Gasteiger partial charge < -0.3 is 10.1 Å². The summed E-state index contributed by atoms with van der Waals surface area (Å²) in [6.45, 7) is 2.04. The highest BCUT2D eigenvalue weighted by atomic mass is 35.5. The molecule has 0 spiro atoms. The summed E-state index contributed by atoms with van der Waals surface area (Å²) < 4.78 is 5.19. The number of hydrogen-bond acceptors (Lipinski definition) is 4. The molecule has 23 heavy (non-hydrogen) atoms. The van der Waals surface area contributed by atoms with Crippen molar-refractivity contribution in [1.29, 1.82) is 0 Å². The maximum absolute atomic E-state index is 6.21. The van der Waals surface area contributed by atoms with E-state index in [0.29, 0.717) is 10.0 Å². The zero-order valence-corrected chi connectivity index (χ0v) is 14.9. The Hall–Kier alpha value is -1.75. The summed E-state index contributed by atoms with van der Waals surface area (Å²) >= 11 is 13.8. The van der Waals surface area contributed by atoms with Crippen molar-refractivity contribution < 1.29 is 4.74 Å². The molecule has 1 aromatic heterocycles. The fourth-order valence-corrected chi connectivity index (χ4v) is 3.38. The number of hydrogen-bond donors (Lipinski definition) is 1. The van der Waals surface area contributed by atoms with Gasteiger partial charge in [-0.3, -0.25) is 0 Å². The molecule has 1 heterocycles. The van der Waals surface area contributed by atoms with Crippen LogP contribution in [0.15, 0.2) is 42.5 Å². The Labute approximate surface area is 148 Å². The first-order valence-corrected chi connectivity index (χ1v) is 8.48. The van der Waals surface area contributed by atoms with Crippen LogP contribution in [0.4, 0.5) is 10.8 Å². The number of thiazole rings is 1. The van der Waals surface area contributed by atoms with Crippen LogP contribution in [0.1, 0.15) is 4.88 Å². The topological polar surface area (TPSA) is 34.1 Å². The van der Waals surface area contributed by atoms with E-state index in [0.717, 1.165) is 32.7 Å². The highest BCUT2D eigenvalue weighted by Crippen LogP contribution is 2.36. The predicted octanol–water partition coefficient (Wildman–Crippen LogP) is 6.18. The molecule has 1 N–H and O–H groups in total. The number of nitrogens with one attached hydrogen (secondary N) is 1. The van der Waals surface area contributed by atoms with Gasteiger partial charge in [0.15, 0.2) is 5.13 Å². The van der Waals surface area contributed by atoms with Crippen molar-refractivity contribution in [3.05, 3.63) is 57.4 Å². The lowest BCUT2D eigenvalue weighted by molar-refractivity contribution is 0.415. The summed E-state index contributed by atoms with van der Waals surface area (Å²) in [6.07, 6.45) is 0. The number of methoxy groups -OCH3 is 1. The van der Waals surface area contributed by atoms with Crippen LogP contribution < -0.4 is 10.1 Å². The molecule has 0 amide bonds. The number of rotatable bonds is 4. The van der Waals surface area contributed by atoms with E-state index in [2.05, 4.69) is 10.3 Å². The van der Waals surface area contributed by atoms with E-state index in [1.807, 2.05) is 43.3 Å². The van der Waals surface area contributed by atoms with E-state index in [-0.39, 0.29) is 0 Å². The molecule has 0 unspecified atom stereocenters. The number of nitrogens with zero attached hydrogens (tertiary/aromatic N) is 1. The van der Waals surface area contributed by atoms with E-state index < -0.39 is 0 Å². The van der Waals surface area contributed by atoms with E-state index in [9.17, 15) is 0 Å². The van der Waals surface area contributed by atoms with Crippen LogP contribution >= 0.6 is 34.5 Å². The molecular formula is C17H14Cl2N2OS. The van der Waals surface area contributed by atoms with Gasteiger partial charge in [0.25, 0.3) is 0 Å². The predicted molar refractivity (Wildman–Crippen MR) is 98.6 cm³/mol. The van der Waals surface area contributed by atoms with Gasteiger partial charge in [-0.25, -0.2) is 4.98 Å². The van der Waals surface area contributed by atoms with Crippen molar-refractivity contribution in [2.24, 2.45) is 0 Å². The lowest BCUT2D eigenvalue weighted by atomic mass is 10.1. The second kappa shape index (κ2) is 6.79. The number of aryl methyl sites for hydroxylation is 1. The summed E-state index contributed by atoms with van der Waals surface area (Å²) in [5, 5.41) is 5.02. The van der Waals surface area contributed by atoms with E-state index in [1.165, 1.54) is 0 Å². The third-order valence-corrected chi connectivity index (χ3v) is 5.06. The molecule has 0 aliphatic rings. The minimum Gasteiger partial charge on any atom is -0.497 e. The number of aromatic nitrogens is 1. The maximum atomic E-state index is 6.21. The molecular weight excluding hydrogens is 351 g/mol. The van der Waals surface area contributed by atoms with Crippen LogP contribution in [0.25, 0.3) is 11.3 Å². The largest absolute Gasteiger partial charge is 0.497 e. The average Bonchev–Trinajstić information content (AvgIpc) is 2.92. The average molecular weight is 365 g/mol. The number of benzene rings is 2. The zero-order chi connectivity index (χ0) is 16.4. The first kappa shape index (κ1) is 16.1. The van der Waals surface area contributed by atoms with Gasteiger partial charge in [0.2, 0.25) is 0 Å². The van der Waals surface area contributed by atoms with Crippen LogP contribution in [0.5, 0.6) is 5.75 Å². The molecule has 0 radical (unpaired) electrons. The summed E-state index contributed by atoms with van der Waals surface area (Å²) in [5.74, 6) is 0.825. The Balaban J connectivity index is 1.89. The SMILES string of the molecule is COc1ccc(-c2nc(Nc3cccc(Cl)c3Cl)sc2C)cc1. The second-order valence-corrected chi connectivity index (χ2v) is 6.87. The molecule has 118 valence electrons. The summed E-state index contributed by atoms with van der Waals surface area (Å²) in [6, 6.07) is 13.3. The van der Waals surface area contributed by atoms with Gasteiger partial charge >= 0.3 is 0 Å². The molecule has 2 aromatic carbocycles.